The number of alkyl halides is 5. The predicted molar refractivity (Wildman–Crippen MR) is 97.6 cm³/mol. The van der Waals surface area contributed by atoms with E-state index in [9.17, 15) is 26.7 Å². The van der Waals surface area contributed by atoms with E-state index in [-0.39, 0.29) is 30.6 Å². The van der Waals surface area contributed by atoms with Crippen LogP contribution < -0.4 is 9.47 Å². The van der Waals surface area contributed by atoms with E-state index in [2.05, 4.69) is 9.47 Å². The van der Waals surface area contributed by atoms with Crippen LogP contribution in [-0.2, 0) is 17.9 Å². The van der Waals surface area contributed by atoms with Gasteiger partial charge in [0.2, 0.25) is 0 Å². The molecular formula is C20H20F5NO4. The van der Waals surface area contributed by atoms with E-state index in [1.54, 1.807) is 6.07 Å². The summed E-state index contributed by atoms with van der Waals surface area (Å²) in [5, 5.41) is 0. The Labute approximate surface area is 169 Å². The zero-order valence-electron chi connectivity index (χ0n) is 16.2. The monoisotopic (exact) mass is 433 g/mol. The van der Waals surface area contributed by atoms with Gasteiger partial charge in [-0.15, -0.1) is 0 Å². The molecule has 0 N–H and O–H groups in total. The lowest BCUT2D eigenvalue weighted by Gasteiger charge is -2.19. The van der Waals surface area contributed by atoms with Crippen molar-refractivity contribution in [1.82, 2.24) is 4.90 Å². The quantitative estimate of drug-likeness (QED) is 0.541. The first kappa shape index (κ1) is 23.4. The van der Waals surface area contributed by atoms with Crippen LogP contribution in [0.5, 0.6) is 11.5 Å². The van der Waals surface area contributed by atoms with Crippen LogP contribution in [0.25, 0.3) is 0 Å². The van der Waals surface area contributed by atoms with Gasteiger partial charge in [-0.05, 0) is 35.4 Å². The molecule has 0 fully saturated rings. The van der Waals surface area contributed by atoms with E-state index < -0.39 is 19.4 Å². The number of carbonyl (C=O) groups excluding carboxylic acids is 1. The molecule has 0 unspecified atom stereocenters. The van der Waals surface area contributed by atoms with Crippen molar-refractivity contribution in [2.75, 3.05) is 20.8 Å². The van der Waals surface area contributed by atoms with Crippen molar-refractivity contribution in [3.63, 3.8) is 0 Å². The maximum atomic E-state index is 12.6. The fourth-order valence-electron chi connectivity index (χ4n) is 2.60. The van der Waals surface area contributed by atoms with Crippen LogP contribution in [0, 0.1) is 0 Å². The lowest BCUT2D eigenvalue weighted by Crippen LogP contribution is -2.26. The van der Waals surface area contributed by atoms with Crippen LogP contribution >= 0.6 is 0 Å². The van der Waals surface area contributed by atoms with E-state index in [0.29, 0.717) is 16.7 Å². The molecule has 2 rings (SSSR count). The molecule has 2 aromatic carbocycles. The van der Waals surface area contributed by atoms with Crippen molar-refractivity contribution >= 4 is 5.91 Å². The van der Waals surface area contributed by atoms with E-state index >= 15 is 0 Å². The van der Waals surface area contributed by atoms with Crippen LogP contribution in [0.1, 0.15) is 21.5 Å². The molecule has 30 heavy (non-hydrogen) atoms. The van der Waals surface area contributed by atoms with Crippen LogP contribution in [0.4, 0.5) is 22.0 Å². The maximum Gasteiger partial charge on any atom is 0.411 e. The van der Waals surface area contributed by atoms with Gasteiger partial charge < -0.3 is 19.1 Å². The molecule has 0 aliphatic heterocycles. The van der Waals surface area contributed by atoms with E-state index in [1.165, 1.54) is 55.5 Å². The average Bonchev–Trinajstić information content (AvgIpc) is 2.67. The Balaban J connectivity index is 2.00. The number of halogens is 5. The lowest BCUT2D eigenvalue weighted by molar-refractivity contribution is -0.176. The number of hydrogen-bond donors (Lipinski definition) is 0. The third-order valence-electron chi connectivity index (χ3n) is 3.95. The number of ether oxygens (including phenoxy) is 3. The second-order valence-corrected chi connectivity index (χ2v) is 6.33. The van der Waals surface area contributed by atoms with Crippen LogP contribution in [0.2, 0.25) is 0 Å². The van der Waals surface area contributed by atoms with Gasteiger partial charge in [0.25, 0.3) is 5.91 Å². The number of carbonyl (C=O) groups is 1. The molecule has 0 bridgehead atoms. The Morgan fingerprint density at radius 1 is 1.03 bits per heavy atom. The Morgan fingerprint density at radius 3 is 2.23 bits per heavy atom. The lowest BCUT2D eigenvalue weighted by atomic mass is 10.1. The normalized spacial score (nSPS) is 11.5. The minimum Gasteiger partial charge on any atom is -0.493 e. The van der Waals surface area contributed by atoms with Crippen molar-refractivity contribution < 1.29 is 41.0 Å². The molecule has 0 radical (unpaired) electrons. The van der Waals surface area contributed by atoms with Crippen molar-refractivity contribution in [2.45, 2.75) is 25.9 Å². The molecule has 2 aromatic rings. The van der Waals surface area contributed by atoms with Crippen molar-refractivity contribution in [1.29, 1.82) is 0 Å². The highest BCUT2D eigenvalue weighted by molar-refractivity contribution is 5.94. The molecule has 0 saturated heterocycles. The second-order valence-electron chi connectivity index (χ2n) is 6.33. The van der Waals surface area contributed by atoms with Gasteiger partial charge >= 0.3 is 12.8 Å². The van der Waals surface area contributed by atoms with Crippen molar-refractivity contribution in [3.8, 4) is 11.5 Å². The first-order chi connectivity index (χ1) is 14.1. The third-order valence-corrected chi connectivity index (χ3v) is 3.95. The molecule has 0 aromatic heterocycles. The number of rotatable bonds is 9. The minimum atomic E-state index is -4.40. The summed E-state index contributed by atoms with van der Waals surface area (Å²) in [7, 11) is 2.85. The summed E-state index contributed by atoms with van der Waals surface area (Å²) in [5.74, 6) is -0.365. The van der Waals surface area contributed by atoms with Crippen LogP contribution in [0.3, 0.4) is 0 Å². The number of benzene rings is 2. The SMILES string of the molecule is COc1ccc(CN(C)C(=O)c2ccc(COCC(F)(F)F)cc2)cc1OC(F)F. The highest BCUT2D eigenvalue weighted by atomic mass is 19.4. The van der Waals surface area contributed by atoms with Gasteiger partial charge in [-0.1, -0.05) is 18.2 Å². The van der Waals surface area contributed by atoms with Crippen LogP contribution in [-0.4, -0.2) is 44.4 Å². The third kappa shape index (κ3) is 7.18. The molecule has 0 atom stereocenters. The van der Waals surface area contributed by atoms with E-state index in [0.717, 1.165) is 0 Å². The van der Waals surface area contributed by atoms with Gasteiger partial charge in [0, 0.05) is 19.2 Å². The summed E-state index contributed by atoms with van der Waals surface area (Å²) in [6.07, 6.45) is -4.40. The molecule has 0 heterocycles. The molecule has 10 heteroatoms. The topological polar surface area (TPSA) is 48.0 Å². The fraction of sp³-hybridized carbons (Fsp3) is 0.350. The van der Waals surface area contributed by atoms with E-state index in [4.69, 9.17) is 4.74 Å². The van der Waals surface area contributed by atoms with E-state index in [1.807, 2.05) is 0 Å². The molecule has 0 spiro atoms. The maximum absolute atomic E-state index is 12.6. The molecule has 164 valence electrons. The zero-order chi connectivity index (χ0) is 22.3. The Bertz CT molecular complexity index is 840. The molecule has 0 saturated carbocycles. The van der Waals surface area contributed by atoms with Gasteiger partial charge in [0.1, 0.15) is 6.61 Å². The summed E-state index contributed by atoms with van der Waals surface area (Å²) in [6, 6.07) is 10.4. The van der Waals surface area contributed by atoms with Gasteiger partial charge in [-0.2, -0.15) is 22.0 Å². The summed E-state index contributed by atoms with van der Waals surface area (Å²) in [4.78, 5) is 13.9. The summed E-state index contributed by atoms with van der Waals surface area (Å²) in [5.41, 5.74) is 1.34. The molecule has 0 aliphatic rings. The van der Waals surface area contributed by atoms with Gasteiger partial charge in [0.15, 0.2) is 11.5 Å². The molecule has 5 nitrogen and oxygen atoms in total. The van der Waals surface area contributed by atoms with Gasteiger partial charge in [0.05, 0.1) is 13.7 Å². The molecular weight excluding hydrogens is 413 g/mol. The Hall–Kier alpha value is -2.88. The average molecular weight is 433 g/mol. The first-order valence-corrected chi connectivity index (χ1v) is 8.69. The Kier molecular flexibility index (Phi) is 7.99. The van der Waals surface area contributed by atoms with Gasteiger partial charge in [-0.3, -0.25) is 4.79 Å². The van der Waals surface area contributed by atoms with Crippen molar-refractivity contribution in [2.24, 2.45) is 0 Å². The summed E-state index contributed by atoms with van der Waals surface area (Å²) >= 11 is 0. The standard InChI is InChI=1S/C20H20F5NO4/c1-26(10-14-5-8-16(28-2)17(9-14)30-19(21)22)18(27)15-6-3-13(4-7-15)11-29-12-20(23,24)25/h3-9,19H,10-12H2,1-2H3. The summed E-state index contributed by atoms with van der Waals surface area (Å²) in [6.45, 7) is -4.50. The number of amides is 1. The summed E-state index contributed by atoms with van der Waals surface area (Å²) < 4.78 is 75.3. The highest BCUT2D eigenvalue weighted by Crippen LogP contribution is 2.30. The largest absolute Gasteiger partial charge is 0.493 e. The minimum absolute atomic E-state index is 0.110. The van der Waals surface area contributed by atoms with Crippen molar-refractivity contribution in [3.05, 3.63) is 59.2 Å². The van der Waals surface area contributed by atoms with Crippen LogP contribution in [0.15, 0.2) is 42.5 Å². The highest BCUT2D eigenvalue weighted by Gasteiger charge is 2.27. The smallest absolute Gasteiger partial charge is 0.411 e. The zero-order valence-corrected chi connectivity index (χ0v) is 16.2. The molecule has 1 amide bonds. The number of nitrogens with zero attached hydrogens (tertiary/aromatic N) is 1. The number of hydrogen-bond acceptors (Lipinski definition) is 4. The first-order valence-electron chi connectivity index (χ1n) is 8.69. The second kappa shape index (κ2) is 10.2. The Morgan fingerprint density at radius 2 is 1.67 bits per heavy atom. The number of methoxy groups -OCH3 is 1. The molecule has 0 aliphatic carbocycles. The predicted octanol–water partition coefficient (Wildman–Crippen LogP) is 4.65. The van der Waals surface area contributed by atoms with Gasteiger partial charge in [-0.25, -0.2) is 0 Å². The fourth-order valence-corrected chi connectivity index (χ4v) is 2.60.